The molecule has 2 aromatic heterocycles. The summed E-state index contributed by atoms with van der Waals surface area (Å²) >= 11 is 4.23. The van der Waals surface area contributed by atoms with Crippen LogP contribution >= 0.6 is 12.6 Å². The van der Waals surface area contributed by atoms with Gasteiger partial charge in [-0.1, -0.05) is 24.0 Å². The number of pyridine rings is 1. The average molecular weight is 307 g/mol. The molecule has 2 heterocycles. The van der Waals surface area contributed by atoms with Gasteiger partial charge in [-0.2, -0.15) is 12.6 Å². The highest BCUT2D eigenvalue weighted by Crippen LogP contribution is 2.09. The van der Waals surface area contributed by atoms with E-state index in [1.54, 1.807) is 12.5 Å². The fourth-order valence-electron chi connectivity index (χ4n) is 2.24. The zero-order valence-corrected chi connectivity index (χ0v) is 13.1. The van der Waals surface area contributed by atoms with Gasteiger partial charge < -0.3 is 4.98 Å². The van der Waals surface area contributed by atoms with E-state index < -0.39 is 0 Å². The van der Waals surface area contributed by atoms with Crippen molar-refractivity contribution in [3.8, 4) is 11.8 Å². The lowest BCUT2D eigenvalue weighted by atomic mass is 10.1. The summed E-state index contributed by atoms with van der Waals surface area (Å²) in [7, 11) is 0. The van der Waals surface area contributed by atoms with Crippen LogP contribution < -0.4 is 0 Å². The van der Waals surface area contributed by atoms with Gasteiger partial charge in [-0.15, -0.1) is 0 Å². The molecule has 0 unspecified atom stereocenters. The second-order valence-corrected chi connectivity index (χ2v) is 5.57. The molecule has 0 aliphatic carbocycles. The van der Waals surface area contributed by atoms with Gasteiger partial charge in [0.2, 0.25) is 0 Å². The van der Waals surface area contributed by atoms with Gasteiger partial charge in [-0.3, -0.25) is 0 Å². The topological polar surface area (TPSA) is 41.6 Å². The van der Waals surface area contributed by atoms with Crippen LogP contribution in [0.15, 0.2) is 42.9 Å². The number of nitrogens with zero attached hydrogens (tertiary/aromatic N) is 2. The van der Waals surface area contributed by atoms with Crippen molar-refractivity contribution in [2.75, 3.05) is 5.75 Å². The molecular weight excluding hydrogens is 290 g/mol. The molecule has 1 aromatic carbocycles. The van der Waals surface area contributed by atoms with E-state index in [9.17, 15) is 0 Å². The van der Waals surface area contributed by atoms with Crippen molar-refractivity contribution in [1.82, 2.24) is 15.0 Å². The molecule has 0 radical (unpaired) electrons. The zero-order valence-electron chi connectivity index (χ0n) is 12.2. The average Bonchev–Trinajstić information content (AvgIpc) is 3.02. The number of thiol groups is 1. The van der Waals surface area contributed by atoms with Gasteiger partial charge >= 0.3 is 0 Å². The number of nitrogens with one attached hydrogen (secondary N) is 1. The minimum absolute atomic E-state index is 0.719. The number of hydrogen-bond acceptors (Lipinski definition) is 3. The Morgan fingerprint density at radius 1 is 1.00 bits per heavy atom. The summed E-state index contributed by atoms with van der Waals surface area (Å²) < 4.78 is 0. The Morgan fingerprint density at radius 2 is 1.82 bits per heavy atom. The van der Waals surface area contributed by atoms with Crippen LogP contribution in [-0.2, 0) is 6.42 Å². The van der Waals surface area contributed by atoms with Gasteiger partial charge in [-0.05, 0) is 48.8 Å². The number of aryl methyl sites for hydroxylation is 1. The van der Waals surface area contributed by atoms with E-state index in [4.69, 9.17) is 0 Å². The number of aromatic nitrogens is 3. The summed E-state index contributed by atoms with van der Waals surface area (Å²) in [5.74, 6) is 7.28. The largest absolute Gasteiger partial charge is 0.343 e. The molecule has 3 nitrogen and oxygen atoms in total. The van der Waals surface area contributed by atoms with Crippen LogP contribution in [0.2, 0.25) is 0 Å². The molecule has 0 amide bonds. The number of hydrogen-bond donors (Lipinski definition) is 2. The first-order valence-electron chi connectivity index (χ1n) is 7.36. The van der Waals surface area contributed by atoms with Crippen molar-refractivity contribution in [2.45, 2.75) is 19.3 Å². The summed E-state index contributed by atoms with van der Waals surface area (Å²) in [5.41, 5.74) is 4.88. The van der Waals surface area contributed by atoms with Crippen molar-refractivity contribution >= 4 is 23.8 Å². The van der Waals surface area contributed by atoms with E-state index in [1.807, 2.05) is 6.07 Å². The van der Waals surface area contributed by atoms with E-state index in [-0.39, 0.29) is 0 Å². The molecule has 0 saturated heterocycles. The first-order valence-corrected chi connectivity index (χ1v) is 7.99. The van der Waals surface area contributed by atoms with Gasteiger partial charge in [0.05, 0.1) is 11.8 Å². The molecule has 0 aliphatic heterocycles. The van der Waals surface area contributed by atoms with Gasteiger partial charge in [-0.25, -0.2) is 9.97 Å². The number of H-pyrrole nitrogens is 1. The molecule has 0 aliphatic rings. The zero-order chi connectivity index (χ0) is 15.2. The molecule has 0 saturated carbocycles. The number of aromatic amines is 1. The van der Waals surface area contributed by atoms with Gasteiger partial charge in [0.1, 0.15) is 0 Å². The maximum atomic E-state index is 4.26. The van der Waals surface area contributed by atoms with Crippen LogP contribution in [0.3, 0.4) is 0 Å². The van der Waals surface area contributed by atoms with Crippen LogP contribution in [0.25, 0.3) is 11.2 Å². The summed E-state index contributed by atoms with van der Waals surface area (Å²) in [6.45, 7) is 0. The Morgan fingerprint density at radius 3 is 2.64 bits per heavy atom. The van der Waals surface area contributed by atoms with Crippen LogP contribution in [-0.4, -0.2) is 20.7 Å². The molecule has 110 valence electrons. The number of unbranched alkanes of at least 4 members (excludes halogenated alkanes) is 1. The van der Waals surface area contributed by atoms with Crippen molar-refractivity contribution in [1.29, 1.82) is 0 Å². The molecule has 3 rings (SSSR count). The third kappa shape index (κ3) is 3.69. The van der Waals surface area contributed by atoms with Crippen LogP contribution in [0.4, 0.5) is 0 Å². The number of rotatable bonds is 4. The highest BCUT2D eigenvalue weighted by molar-refractivity contribution is 7.80. The van der Waals surface area contributed by atoms with E-state index in [0.29, 0.717) is 0 Å². The van der Waals surface area contributed by atoms with Gasteiger partial charge in [0, 0.05) is 17.3 Å². The van der Waals surface area contributed by atoms with Crippen molar-refractivity contribution in [3.63, 3.8) is 0 Å². The maximum Gasteiger partial charge on any atom is 0.177 e. The minimum atomic E-state index is 0.719. The normalized spacial score (nSPS) is 10.4. The first-order chi connectivity index (χ1) is 10.8. The highest BCUT2D eigenvalue weighted by atomic mass is 32.1. The minimum Gasteiger partial charge on any atom is -0.343 e. The smallest absolute Gasteiger partial charge is 0.177 e. The summed E-state index contributed by atoms with van der Waals surface area (Å²) in [6, 6.07) is 10.4. The lowest BCUT2D eigenvalue weighted by Gasteiger charge is -2.00. The van der Waals surface area contributed by atoms with Crippen molar-refractivity contribution in [3.05, 3.63) is 59.5 Å². The molecule has 0 fully saturated rings. The van der Waals surface area contributed by atoms with E-state index in [1.165, 1.54) is 12.0 Å². The third-order valence-electron chi connectivity index (χ3n) is 3.45. The van der Waals surface area contributed by atoms with E-state index >= 15 is 0 Å². The number of imidazole rings is 1. The van der Waals surface area contributed by atoms with Crippen molar-refractivity contribution in [2.24, 2.45) is 0 Å². The summed E-state index contributed by atoms with van der Waals surface area (Å²) in [5, 5.41) is 0. The molecule has 3 aromatic rings. The second kappa shape index (κ2) is 7.15. The van der Waals surface area contributed by atoms with Crippen LogP contribution in [0.5, 0.6) is 0 Å². The fraction of sp³-hybridized carbons (Fsp3) is 0.222. The number of fused-ring (bicyclic) bond motifs is 1. The molecular formula is C18H17N3S. The first kappa shape index (κ1) is 14.7. The van der Waals surface area contributed by atoms with Crippen LogP contribution in [0.1, 0.15) is 29.5 Å². The molecule has 0 spiro atoms. The molecule has 4 heteroatoms. The Bertz CT molecular complexity index is 809. The van der Waals surface area contributed by atoms with E-state index in [2.05, 4.69) is 63.7 Å². The van der Waals surface area contributed by atoms with E-state index in [0.717, 1.165) is 40.9 Å². The highest BCUT2D eigenvalue weighted by Gasteiger charge is 1.97. The fourth-order valence-corrected chi connectivity index (χ4v) is 2.46. The lowest BCUT2D eigenvalue weighted by molar-refractivity contribution is 0.804. The summed E-state index contributed by atoms with van der Waals surface area (Å²) in [6.07, 6.45) is 6.84. The Hall–Kier alpha value is -2.25. The lowest BCUT2D eigenvalue weighted by Crippen LogP contribution is -1.87. The van der Waals surface area contributed by atoms with Crippen molar-refractivity contribution < 1.29 is 0 Å². The SMILES string of the molecule is SCCCCc1ccc(C#Cc2cnc3nc[nH]c3c2)cc1. The van der Waals surface area contributed by atoms with Gasteiger partial charge in [0.25, 0.3) is 0 Å². The molecule has 0 bridgehead atoms. The molecule has 1 N–H and O–H groups in total. The molecule has 22 heavy (non-hydrogen) atoms. The quantitative estimate of drug-likeness (QED) is 0.439. The number of benzene rings is 1. The monoisotopic (exact) mass is 307 g/mol. The molecule has 0 atom stereocenters. The second-order valence-electron chi connectivity index (χ2n) is 5.13. The predicted molar refractivity (Wildman–Crippen MR) is 93.1 cm³/mol. The standard InChI is InChI=1S/C18H17N3S/c22-10-2-1-3-14-4-6-15(7-5-14)8-9-16-11-17-18(19-12-16)21-13-20-17/h4-7,11-13,22H,1-3,10H2,(H,19,20,21). The Kier molecular flexibility index (Phi) is 4.77. The van der Waals surface area contributed by atoms with Crippen LogP contribution in [0, 0.1) is 11.8 Å². The Labute approximate surface area is 135 Å². The predicted octanol–water partition coefficient (Wildman–Crippen LogP) is 3.61. The van der Waals surface area contributed by atoms with Gasteiger partial charge in [0.15, 0.2) is 5.65 Å². The maximum absolute atomic E-state index is 4.26. The Balaban J connectivity index is 1.70. The third-order valence-corrected chi connectivity index (χ3v) is 3.77. The summed E-state index contributed by atoms with van der Waals surface area (Å²) in [4.78, 5) is 11.4.